The zero-order chi connectivity index (χ0) is 20.8. The molecule has 10 heteroatoms. The second kappa shape index (κ2) is 9.15. The van der Waals surface area contributed by atoms with Crippen LogP contribution in [0.4, 0.5) is 4.79 Å². The van der Waals surface area contributed by atoms with Crippen LogP contribution < -0.4 is 15.5 Å². The van der Waals surface area contributed by atoms with Crippen LogP contribution in [0.15, 0.2) is 12.1 Å². The molecule has 0 saturated carbocycles. The van der Waals surface area contributed by atoms with Crippen LogP contribution in [0, 0.1) is 5.92 Å². The molecule has 1 aromatic rings. The number of nitrogens with zero attached hydrogens (tertiary/aromatic N) is 1. The van der Waals surface area contributed by atoms with Crippen LogP contribution in [0.5, 0.6) is 11.8 Å². The van der Waals surface area contributed by atoms with E-state index in [2.05, 4.69) is 10.6 Å². The highest BCUT2D eigenvalue weighted by Gasteiger charge is 2.26. The molecular weight excluding hydrogens is 358 g/mol. The van der Waals surface area contributed by atoms with Crippen molar-refractivity contribution in [3.63, 3.8) is 0 Å². The number of hydrogen-bond donors (Lipinski definition) is 4. The second-order valence-corrected chi connectivity index (χ2v) is 7.22. The molecule has 10 nitrogen and oxygen atoms in total. The Kier molecular flexibility index (Phi) is 7.50. The Morgan fingerprint density at radius 3 is 2.19 bits per heavy atom. The Bertz CT molecular complexity index is 657. The van der Waals surface area contributed by atoms with Crippen LogP contribution >= 0.6 is 0 Å². The molecule has 0 aromatic carbocycles. The maximum absolute atomic E-state index is 12.3. The van der Waals surface area contributed by atoms with Gasteiger partial charge in [-0.2, -0.15) is 0 Å². The van der Waals surface area contributed by atoms with E-state index in [1.807, 2.05) is 0 Å². The Hall–Kier alpha value is -2.91. The zero-order valence-corrected chi connectivity index (χ0v) is 16.1. The number of carbonyl (C=O) groups is 3. The minimum Gasteiger partial charge on any atom is -0.492 e. The van der Waals surface area contributed by atoms with Gasteiger partial charge >= 0.3 is 12.1 Å². The van der Waals surface area contributed by atoms with Crippen molar-refractivity contribution in [3.8, 4) is 11.8 Å². The number of ether oxygens (including phenoxy) is 1. The molecule has 0 radical (unpaired) electrons. The monoisotopic (exact) mass is 385 g/mol. The van der Waals surface area contributed by atoms with E-state index in [9.17, 15) is 24.6 Å². The third-order valence-corrected chi connectivity index (χ3v) is 3.24. The molecule has 152 valence electrons. The minimum absolute atomic E-state index is 0.0559. The molecule has 27 heavy (non-hydrogen) atoms. The largest absolute Gasteiger partial charge is 0.492 e. The molecule has 0 fully saturated rings. The van der Waals surface area contributed by atoms with Crippen LogP contribution in [0.25, 0.3) is 0 Å². The normalized spacial score (nSPS) is 12.4. The van der Waals surface area contributed by atoms with Crippen molar-refractivity contribution >= 4 is 18.0 Å². The van der Waals surface area contributed by atoms with Crippen molar-refractivity contribution in [2.75, 3.05) is 6.54 Å². The lowest BCUT2D eigenvalue weighted by molar-refractivity contribution is -0.145. The third kappa shape index (κ3) is 7.47. The van der Waals surface area contributed by atoms with Crippen molar-refractivity contribution < 1.29 is 34.2 Å². The van der Waals surface area contributed by atoms with Crippen molar-refractivity contribution in [1.29, 1.82) is 0 Å². The van der Waals surface area contributed by atoms with Crippen LogP contribution in [-0.2, 0) is 14.3 Å². The smallest absolute Gasteiger partial charge is 0.408 e. The maximum atomic E-state index is 12.3. The molecule has 0 aliphatic carbocycles. The Balaban J connectivity index is 2.50. The second-order valence-electron chi connectivity index (χ2n) is 7.22. The number of carbonyl (C=O) groups excluding carboxylic acids is 3. The minimum atomic E-state index is -0.839. The van der Waals surface area contributed by atoms with E-state index in [4.69, 9.17) is 9.57 Å². The molecule has 0 unspecified atom stereocenters. The van der Waals surface area contributed by atoms with Gasteiger partial charge in [0.05, 0.1) is 6.42 Å². The van der Waals surface area contributed by atoms with Gasteiger partial charge in [0, 0.05) is 18.7 Å². The summed E-state index contributed by atoms with van der Waals surface area (Å²) in [6.07, 6.45) is -0.922. The lowest BCUT2D eigenvalue weighted by atomic mass is 10.0. The first-order valence-electron chi connectivity index (χ1n) is 8.48. The van der Waals surface area contributed by atoms with E-state index < -0.39 is 41.4 Å². The number of aromatic nitrogens is 1. The Labute approximate surface area is 157 Å². The van der Waals surface area contributed by atoms with E-state index in [0.29, 0.717) is 4.73 Å². The molecule has 1 rings (SSSR count). The van der Waals surface area contributed by atoms with E-state index >= 15 is 0 Å². The Morgan fingerprint density at radius 1 is 1.15 bits per heavy atom. The van der Waals surface area contributed by atoms with Gasteiger partial charge in [-0.1, -0.05) is 13.8 Å². The predicted molar refractivity (Wildman–Crippen MR) is 95.0 cm³/mol. The average Bonchev–Trinajstić information content (AvgIpc) is 2.82. The summed E-state index contributed by atoms with van der Waals surface area (Å²) in [5, 5.41) is 23.8. The van der Waals surface area contributed by atoms with E-state index in [1.165, 1.54) is 0 Å². The fourth-order valence-electron chi connectivity index (χ4n) is 2.01. The van der Waals surface area contributed by atoms with Gasteiger partial charge in [0.1, 0.15) is 11.6 Å². The van der Waals surface area contributed by atoms with Gasteiger partial charge in [-0.3, -0.25) is 4.79 Å². The van der Waals surface area contributed by atoms with Gasteiger partial charge in [0.2, 0.25) is 17.7 Å². The molecule has 1 aromatic heterocycles. The molecule has 0 bridgehead atoms. The molecular formula is C17H27N3O7. The van der Waals surface area contributed by atoms with Gasteiger partial charge in [-0.05, 0) is 26.7 Å². The van der Waals surface area contributed by atoms with Crippen LogP contribution in [0.2, 0.25) is 0 Å². The standard InChI is InChI=1S/C17H27N3O7/c1-10(2)14(19-16(25)26-17(3,4)5)15(24)18-9-8-13(23)27-20-11(21)6-7-12(20)22/h6-7,10,14,21-22H,8-9H2,1-5H3,(H,18,24)(H,19,25)/t14-/m0/s1. The number of alkyl carbamates (subject to hydrolysis) is 1. The van der Waals surface area contributed by atoms with Gasteiger partial charge in [0.25, 0.3) is 0 Å². The van der Waals surface area contributed by atoms with Crippen molar-refractivity contribution in [3.05, 3.63) is 12.1 Å². The predicted octanol–water partition coefficient (Wildman–Crippen LogP) is 0.910. The summed E-state index contributed by atoms with van der Waals surface area (Å²) in [6.45, 7) is 8.59. The van der Waals surface area contributed by atoms with Gasteiger partial charge in [0.15, 0.2) is 0 Å². The van der Waals surface area contributed by atoms with Crippen molar-refractivity contribution in [1.82, 2.24) is 15.4 Å². The first kappa shape index (κ1) is 22.1. The highest BCUT2D eigenvalue weighted by molar-refractivity contribution is 5.86. The lowest BCUT2D eigenvalue weighted by Crippen LogP contribution is -2.51. The third-order valence-electron chi connectivity index (χ3n) is 3.24. The fraction of sp³-hybridized carbons (Fsp3) is 0.588. The van der Waals surface area contributed by atoms with E-state index in [1.54, 1.807) is 34.6 Å². The number of rotatable bonds is 7. The molecule has 1 atom stereocenters. The lowest BCUT2D eigenvalue weighted by Gasteiger charge is -2.25. The summed E-state index contributed by atoms with van der Waals surface area (Å²) in [6, 6.07) is 1.47. The number of nitrogens with one attached hydrogen (secondary N) is 2. The summed E-state index contributed by atoms with van der Waals surface area (Å²) in [7, 11) is 0. The number of hydrogen-bond acceptors (Lipinski definition) is 7. The van der Waals surface area contributed by atoms with Crippen molar-refractivity contribution in [2.24, 2.45) is 5.92 Å². The molecule has 4 N–H and O–H groups in total. The topological polar surface area (TPSA) is 139 Å². The first-order chi connectivity index (χ1) is 12.4. The molecule has 0 aliphatic rings. The van der Waals surface area contributed by atoms with Gasteiger partial charge in [-0.15, -0.1) is 4.73 Å². The Morgan fingerprint density at radius 2 is 1.70 bits per heavy atom. The molecule has 0 saturated heterocycles. The maximum Gasteiger partial charge on any atom is 0.408 e. The van der Waals surface area contributed by atoms with E-state index in [0.717, 1.165) is 12.1 Å². The zero-order valence-electron chi connectivity index (χ0n) is 16.1. The first-order valence-corrected chi connectivity index (χ1v) is 8.48. The van der Waals surface area contributed by atoms with Crippen molar-refractivity contribution in [2.45, 2.75) is 52.7 Å². The summed E-state index contributed by atoms with van der Waals surface area (Å²) in [5.74, 6) is -2.34. The van der Waals surface area contributed by atoms with Crippen LogP contribution in [0.1, 0.15) is 41.0 Å². The van der Waals surface area contributed by atoms with E-state index in [-0.39, 0.29) is 18.9 Å². The fourth-order valence-corrected chi connectivity index (χ4v) is 2.01. The highest BCUT2D eigenvalue weighted by atomic mass is 16.7. The number of aromatic hydroxyl groups is 2. The molecule has 0 aliphatic heterocycles. The number of amides is 2. The quantitative estimate of drug-likeness (QED) is 0.547. The van der Waals surface area contributed by atoms with Crippen LogP contribution in [-0.4, -0.2) is 51.1 Å². The van der Waals surface area contributed by atoms with Gasteiger partial charge in [-0.25, -0.2) is 9.59 Å². The summed E-state index contributed by atoms with van der Waals surface area (Å²) < 4.78 is 5.70. The SMILES string of the molecule is CC(C)[C@H](NC(=O)OC(C)(C)C)C(=O)NCCC(=O)On1c(O)ccc1O. The highest BCUT2D eigenvalue weighted by Crippen LogP contribution is 2.18. The summed E-state index contributed by atoms with van der Waals surface area (Å²) in [5.41, 5.74) is -0.693. The molecule has 2 amide bonds. The molecule has 1 heterocycles. The molecule has 0 spiro atoms. The average molecular weight is 385 g/mol. The summed E-state index contributed by atoms with van der Waals surface area (Å²) in [4.78, 5) is 40.6. The summed E-state index contributed by atoms with van der Waals surface area (Å²) >= 11 is 0. The van der Waals surface area contributed by atoms with Gasteiger partial charge < -0.3 is 30.4 Å². The van der Waals surface area contributed by atoms with Crippen LogP contribution in [0.3, 0.4) is 0 Å².